The van der Waals surface area contributed by atoms with Gasteiger partial charge in [0, 0.05) is 24.3 Å². The molecule has 0 aliphatic rings. The van der Waals surface area contributed by atoms with Crippen molar-refractivity contribution >= 4 is 48.7 Å². The van der Waals surface area contributed by atoms with Gasteiger partial charge in [-0.3, -0.25) is 10.1 Å². The summed E-state index contributed by atoms with van der Waals surface area (Å²) in [6.07, 6.45) is 0. The van der Waals surface area contributed by atoms with Crippen molar-refractivity contribution in [2.75, 3.05) is 0 Å². The largest absolute Gasteiger partial charge is 1.00 e. The number of phenols is 2. The van der Waals surface area contributed by atoms with Crippen LogP contribution in [0.2, 0.25) is 0 Å². The van der Waals surface area contributed by atoms with Gasteiger partial charge in [0.2, 0.25) is 0 Å². The Morgan fingerprint density at radius 1 is 0.676 bits per heavy atom. The summed E-state index contributed by atoms with van der Waals surface area (Å²) in [7, 11) is -10.4. The van der Waals surface area contributed by atoms with Crippen molar-refractivity contribution in [2.45, 2.75) is 9.79 Å². The van der Waals surface area contributed by atoms with E-state index in [0.717, 1.165) is 18.2 Å². The molecule has 0 aliphatic carbocycles. The maximum absolute atomic E-state index is 11.5. The molecule has 0 atom stereocenters. The van der Waals surface area contributed by atoms with Crippen LogP contribution >= 0.6 is 0 Å². The number of aromatic hydroxyl groups is 2. The fraction of sp³-hybridized carbons (Fsp3) is 0. The van der Waals surface area contributed by atoms with Crippen LogP contribution in [0.4, 0.5) is 28.4 Å². The molecular weight excluding hydrogens is 556 g/mol. The van der Waals surface area contributed by atoms with Gasteiger partial charge < -0.3 is 19.3 Å². The van der Waals surface area contributed by atoms with Gasteiger partial charge in [0.25, 0.3) is 5.69 Å². The van der Waals surface area contributed by atoms with Gasteiger partial charge in [0.05, 0.1) is 20.4 Å². The zero-order valence-electron chi connectivity index (χ0n) is 18.9. The van der Waals surface area contributed by atoms with E-state index in [4.69, 9.17) is 0 Å². The molecule has 0 spiro atoms. The third-order valence-corrected chi connectivity index (χ3v) is 5.86. The summed E-state index contributed by atoms with van der Waals surface area (Å²) < 4.78 is 67.8. The van der Waals surface area contributed by atoms with Gasteiger partial charge in [-0.2, -0.15) is 5.11 Å². The maximum atomic E-state index is 11.5. The molecule has 182 valence electrons. The molecule has 0 unspecified atom stereocenters. The van der Waals surface area contributed by atoms with Crippen molar-refractivity contribution in [2.24, 2.45) is 20.5 Å². The Kier molecular flexibility index (Phi) is 11.5. The summed E-state index contributed by atoms with van der Waals surface area (Å²) in [5, 5.41) is 45.3. The standard InChI is InChI=1S/C18H13N5O10S2.2Na/c24-16-9-17(25)15(8-14(16)21-19-10-1-3-11(4-2-10)23(26)27)22-20-13-6-5-12(34(28,29)30)7-18(13)35(31,32)33;;/h1-9,24-25H,(H,28,29,30)(H,31,32,33);;/q;2*+1/p-2. The third-order valence-electron chi connectivity index (χ3n) is 4.16. The van der Waals surface area contributed by atoms with Gasteiger partial charge >= 0.3 is 59.1 Å². The number of azo groups is 2. The molecule has 0 heterocycles. The maximum Gasteiger partial charge on any atom is 1.00 e. The molecule has 0 saturated carbocycles. The van der Waals surface area contributed by atoms with Crippen LogP contribution in [0.15, 0.2) is 84.8 Å². The first-order valence-electron chi connectivity index (χ1n) is 8.95. The number of hydrogen-bond acceptors (Lipinski definition) is 14. The van der Waals surface area contributed by atoms with E-state index in [0.29, 0.717) is 12.1 Å². The second-order valence-electron chi connectivity index (χ2n) is 6.54. The van der Waals surface area contributed by atoms with E-state index in [1.807, 2.05) is 0 Å². The predicted octanol–water partition coefficient (Wildman–Crippen LogP) is -2.35. The van der Waals surface area contributed by atoms with Crippen molar-refractivity contribution in [3.63, 3.8) is 0 Å². The minimum absolute atomic E-state index is 0. The van der Waals surface area contributed by atoms with E-state index < -0.39 is 52.1 Å². The van der Waals surface area contributed by atoms with Crippen LogP contribution in [0.25, 0.3) is 0 Å². The van der Waals surface area contributed by atoms with Crippen LogP contribution in [0.1, 0.15) is 0 Å². The predicted molar refractivity (Wildman–Crippen MR) is 114 cm³/mol. The van der Waals surface area contributed by atoms with Gasteiger partial charge in [-0.25, -0.2) is 16.8 Å². The number of hydrogen-bond donors (Lipinski definition) is 2. The van der Waals surface area contributed by atoms with Gasteiger partial charge in [-0.15, -0.1) is 15.3 Å². The second-order valence-corrected chi connectivity index (χ2v) is 9.27. The average Bonchev–Trinajstić information content (AvgIpc) is 2.76. The number of benzene rings is 3. The van der Waals surface area contributed by atoms with Crippen LogP contribution in [0, 0.1) is 10.1 Å². The van der Waals surface area contributed by atoms with Crippen LogP contribution in [0.5, 0.6) is 11.5 Å². The van der Waals surface area contributed by atoms with Crippen molar-refractivity contribution in [1.82, 2.24) is 0 Å². The summed E-state index contributed by atoms with van der Waals surface area (Å²) in [4.78, 5) is 7.96. The Bertz CT molecular complexity index is 1600. The molecular formula is C18H11N5Na2O10S2. The number of nitro benzene ring substituents is 1. The first kappa shape index (κ1) is 32.7. The molecule has 0 radical (unpaired) electrons. The summed E-state index contributed by atoms with van der Waals surface area (Å²) >= 11 is 0. The fourth-order valence-electron chi connectivity index (χ4n) is 2.51. The number of phenolic OH excluding ortho intramolecular Hbond substituents is 2. The molecule has 3 rings (SSSR count). The van der Waals surface area contributed by atoms with Gasteiger partial charge in [0.1, 0.15) is 48.8 Å². The van der Waals surface area contributed by atoms with Crippen LogP contribution in [-0.4, -0.2) is 41.1 Å². The van der Waals surface area contributed by atoms with E-state index in [2.05, 4.69) is 20.5 Å². The summed E-state index contributed by atoms with van der Waals surface area (Å²) in [5.41, 5.74) is -1.23. The molecule has 37 heavy (non-hydrogen) atoms. The third kappa shape index (κ3) is 8.60. The molecule has 2 N–H and O–H groups in total. The van der Waals surface area contributed by atoms with Crippen LogP contribution < -0.4 is 59.1 Å². The van der Waals surface area contributed by atoms with E-state index in [9.17, 15) is 46.3 Å². The summed E-state index contributed by atoms with van der Waals surface area (Å²) in [6, 6.07) is 8.54. The Morgan fingerprint density at radius 3 is 1.68 bits per heavy atom. The molecule has 0 bridgehead atoms. The zero-order valence-corrected chi connectivity index (χ0v) is 24.5. The molecule has 0 fully saturated rings. The molecule has 0 aromatic heterocycles. The number of nitro groups is 1. The normalized spacial score (nSPS) is 11.7. The topological polar surface area (TPSA) is 247 Å². The molecule has 0 saturated heterocycles. The van der Waals surface area contributed by atoms with E-state index in [1.165, 1.54) is 24.3 Å². The molecule has 15 nitrogen and oxygen atoms in total. The fourth-order valence-corrected chi connectivity index (χ4v) is 3.72. The van der Waals surface area contributed by atoms with Gasteiger partial charge in [0.15, 0.2) is 0 Å². The minimum atomic E-state index is -5.28. The Balaban J connectivity index is 0.00000342. The SMILES string of the molecule is O=[N+]([O-])c1ccc(N=Nc2cc(N=Nc3ccc(S(=O)(=O)[O-])cc3S(=O)(=O)[O-])c(O)cc2O)cc1.[Na+].[Na+]. The van der Waals surface area contributed by atoms with Crippen molar-refractivity contribution in [3.05, 3.63) is 64.7 Å². The summed E-state index contributed by atoms with van der Waals surface area (Å²) in [5.74, 6) is -1.18. The number of rotatable bonds is 7. The zero-order chi connectivity index (χ0) is 26.0. The Morgan fingerprint density at radius 2 is 1.19 bits per heavy atom. The molecule has 3 aromatic carbocycles. The smallest absolute Gasteiger partial charge is 0.744 e. The van der Waals surface area contributed by atoms with E-state index >= 15 is 0 Å². The second kappa shape index (κ2) is 13.0. The molecule has 0 amide bonds. The minimum Gasteiger partial charge on any atom is -0.744 e. The first-order chi connectivity index (χ1) is 16.3. The Labute approximate surface area is 253 Å². The molecule has 19 heteroatoms. The van der Waals surface area contributed by atoms with E-state index in [-0.39, 0.29) is 81.9 Å². The first-order valence-corrected chi connectivity index (χ1v) is 11.8. The Hall–Kier alpha value is -2.32. The van der Waals surface area contributed by atoms with Gasteiger partial charge in [-0.1, -0.05) is 0 Å². The van der Waals surface area contributed by atoms with Crippen molar-refractivity contribution in [1.29, 1.82) is 0 Å². The van der Waals surface area contributed by atoms with E-state index in [1.54, 1.807) is 0 Å². The summed E-state index contributed by atoms with van der Waals surface area (Å²) in [6.45, 7) is 0. The van der Waals surface area contributed by atoms with Crippen LogP contribution in [0.3, 0.4) is 0 Å². The molecule has 3 aromatic rings. The average molecular weight is 567 g/mol. The number of nitrogens with zero attached hydrogens (tertiary/aromatic N) is 5. The monoisotopic (exact) mass is 567 g/mol. The number of non-ortho nitro benzene ring substituents is 1. The van der Waals surface area contributed by atoms with Crippen molar-refractivity contribution in [3.8, 4) is 11.5 Å². The van der Waals surface area contributed by atoms with Crippen LogP contribution in [-0.2, 0) is 20.2 Å². The van der Waals surface area contributed by atoms with Gasteiger partial charge in [-0.05, 0) is 30.3 Å². The quantitative estimate of drug-likeness (QED) is 0.101. The molecule has 0 aliphatic heterocycles. The van der Waals surface area contributed by atoms with Crippen molar-refractivity contribution < 1.29 is 100 Å².